The fraction of sp³-hybridized carbons (Fsp3) is 0.724. The SMILES string of the molecule is CC[C@H]1OC(=O)[C@H](C)[C@@H](O[C@H]2C[C@@](C)(OC)[C@@H](O)[C@H](C)O2)[C@H](C)[C@@H](O[C@@H]2O[C@H](C)C[C@H](N(C)CCc3cn([C@H](CF)[C@H](OC)c4ccc(-c5ccc(C)[n+](O)c5)cc4)nn3)[C@H]2O)[C@](C)(OC)C[C@@H](C)C(=O)[C@H](C)[C@H]2NC(=O)O[C@@]21C. The maximum atomic E-state index is 15.0. The Kier molecular flexibility index (Phi) is 20.3. The predicted molar refractivity (Wildman–Crippen MR) is 288 cm³/mol. The zero-order valence-corrected chi connectivity index (χ0v) is 49.2. The fourth-order valence-corrected chi connectivity index (χ4v) is 12.7. The number of methoxy groups -OCH3 is 3. The highest BCUT2D eigenvalue weighted by atomic mass is 19.1. The van der Waals surface area contributed by atoms with Gasteiger partial charge in [0.05, 0.1) is 58.8 Å². The van der Waals surface area contributed by atoms with Crippen LogP contribution in [0.1, 0.15) is 124 Å². The van der Waals surface area contributed by atoms with E-state index in [1.54, 1.807) is 60.9 Å². The summed E-state index contributed by atoms with van der Waals surface area (Å²) in [6.07, 6.45) is -5.62. The number of esters is 1. The van der Waals surface area contributed by atoms with Gasteiger partial charge in [0.15, 0.2) is 18.2 Å². The first kappa shape index (κ1) is 62.8. The lowest BCUT2D eigenvalue weighted by Crippen LogP contribution is -2.62. The summed E-state index contributed by atoms with van der Waals surface area (Å²) in [5.74, 6) is -4.20. The number of fused-ring (bicyclic) bond motifs is 1. The van der Waals surface area contributed by atoms with E-state index in [1.807, 2.05) is 76.0 Å². The number of nitrogens with one attached hydrogen (secondary N) is 1. The van der Waals surface area contributed by atoms with Crippen molar-refractivity contribution in [3.8, 4) is 11.1 Å². The first-order chi connectivity index (χ1) is 37.8. The van der Waals surface area contributed by atoms with E-state index >= 15 is 4.39 Å². The van der Waals surface area contributed by atoms with Gasteiger partial charge < -0.3 is 63.1 Å². The number of halogens is 1. The van der Waals surface area contributed by atoms with E-state index in [4.69, 9.17) is 42.6 Å². The zero-order chi connectivity index (χ0) is 58.8. The van der Waals surface area contributed by atoms with Gasteiger partial charge in [-0.1, -0.05) is 57.2 Å². The molecular weight excluding hydrogens is 1040 g/mol. The number of aryl methyl sites for hydroxylation is 1. The van der Waals surface area contributed by atoms with E-state index in [2.05, 4.69) is 15.6 Å². The Bertz CT molecular complexity index is 2580. The average molecular weight is 1130 g/mol. The minimum absolute atomic E-state index is 0.0862. The van der Waals surface area contributed by atoms with Crippen LogP contribution in [0.2, 0.25) is 0 Å². The molecule has 6 heterocycles. The lowest BCUT2D eigenvalue weighted by molar-refractivity contribution is -0.908. The summed E-state index contributed by atoms with van der Waals surface area (Å²) in [6.45, 7) is 19.1. The number of benzene rings is 1. The van der Waals surface area contributed by atoms with Crippen molar-refractivity contribution < 1.29 is 81.6 Å². The molecule has 446 valence electrons. The average Bonchev–Trinajstić information content (AvgIpc) is 4.20. The Hall–Kier alpha value is -4.75. The number of carbonyl (C=O) groups excluding carboxylic acids is 3. The van der Waals surface area contributed by atoms with Gasteiger partial charge in [-0.3, -0.25) is 14.8 Å². The summed E-state index contributed by atoms with van der Waals surface area (Å²) in [6, 6.07) is 9.04. The van der Waals surface area contributed by atoms with Gasteiger partial charge in [0.2, 0.25) is 11.9 Å². The number of Topliss-reactive ketones (excluding diaryl/α,β-unsaturated/α-hetero) is 1. The Labute approximate surface area is 469 Å². The van der Waals surface area contributed by atoms with Gasteiger partial charge >= 0.3 is 12.1 Å². The van der Waals surface area contributed by atoms with E-state index in [9.17, 15) is 29.8 Å². The Balaban J connectivity index is 1.14. The van der Waals surface area contributed by atoms with Gasteiger partial charge in [-0.2, -0.15) is 0 Å². The first-order valence-corrected chi connectivity index (χ1v) is 28.1. The van der Waals surface area contributed by atoms with Gasteiger partial charge in [-0.05, 0) is 85.0 Å². The topological polar surface area (TPSA) is 245 Å². The Morgan fingerprint density at radius 2 is 1.60 bits per heavy atom. The third kappa shape index (κ3) is 13.0. The maximum Gasteiger partial charge on any atom is 0.408 e. The predicted octanol–water partition coefficient (Wildman–Crippen LogP) is 5.80. The second-order valence-electron chi connectivity index (χ2n) is 23.5. The molecule has 4 fully saturated rings. The molecule has 3 aromatic rings. The van der Waals surface area contributed by atoms with Crippen molar-refractivity contribution in [3.05, 3.63) is 65.7 Å². The number of rotatable bonds is 17. The number of carbonyl (C=O) groups is 3. The molecule has 0 radical (unpaired) electrons. The van der Waals surface area contributed by atoms with Crippen molar-refractivity contribution in [1.82, 2.24) is 25.2 Å². The monoisotopic (exact) mass is 1130 g/mol. The van der Waals surface area contributed by atoms with Crippen molar-refractivity contribution >= 4 is 17.8 Å². The van der Waals surface area contributed by atoms with E-state index in [-0.39, 0.29) is 25.0 Å². The van der Waals surface area contributed by atoms with E-state index in [0.29, 0.717) is 30.8 Å². The number of ketones is 1. The summed E-state index contributed by atoms with van der Waals surface area (Å²) in [5, 5.41) is 45.4. The third-order valence-corrected chi connectivity index (χ3v) is 17.9. The van der Waals surface area contributed by atoms with Crippen molar-refractivity contribution in [2.45, 2.75) is 205 Å². The molecule has 20 atom stereocenters. The summed E-state index contributed by atoms with van der Waals surface area (Å²) >= 11 is 0. The summed E-state index contributed by atoms with van der Waals surface area (Å²) in [5.41, 5.74) is -0.152. The van der Waals surface area contributed by atoms with Crippen molar-refractivity contribution in [1.29, 1.82) is 0 Å². The quantitative estimate of drug-likeness (QED) is 0.0709. The number of hydrogen-bond donors (Lipinski definition) is 4. The van der Waals surface area contributed by atoms with Crippen LogP contribution in [0.25, 0.3) is 11.1 Å². The molecule has 4 saturated heterocycles. The Morgan fingerprint density at radius 3 is 2.23 bits per heavy atom. The molecule has 1 amide bonds. The molecule has 4 aliphatic heterocycles. The van der Waals surface area contributed by atoms with Crippen LogP contribution < -0.4 is 10.0 Å². The molecular formula is C58H88FN6O15+. The largest absolute Gasteiger partial charge is 0.458 e. The molecule has 4 aliphatic rings. The van der Waals surface area contributed by atoms with Gasteiger partial charge in [0, 0.05) is 88.4 Å². The van der Waals surface area contributed by atoms with Crippen molar-refractivity contribution in [2.24, 2.45) is 23.7 Å². The molecule has 0 spiro atoms. The fourth-order valence-electron chi connectivity index (χ4n) is 12.7. The second-order valence-corrected chi connectivity index (χ2v) is 23.5. The minimum atomic E-state index is -1.42. The maximum absolute atomic E-state index is 15.0. The molecule has 2 aromatic heterocycles. The smallest absolute Gasteiger partial charge is 0.408 e. The second kappa shape index (κ2) is 25.8. The number of hydrogen-bond acceptors (Lipinski definition) is 18. The van der Waals surface area contributed by atoms with Crippen LogP contribution >= 0.6 is 0 Å². The summed E-state index contributed by atoms with van der Waals surface area (Å²) in [4.78, 5) is 44.5. The highest BCUT2D eigenvalue weighted by Crippen LogP contribution is 2.43. The molecule has 21 nitrogen and oxygen atoms in total. The number of ether oxygens (including phenoxy) is 9. The molecule has 0 saturated carbocycles. The number of alkyl carbamates (subject to hydrolysis) is 1. The number of aliphatic hydroxyl groups is 2. The van der Waals surface area contributed by atoms with Gasteiger partial charge in [0.1, 0.15) is 42.9 Å². The van der Waals surface area contributed by atoms with Gasteiger partial charge in [-0.25, -0.2) is 13.9 Å². The highest BCUT2D eigenvalue weighted by molar-refractivity contribution is 5.85. The molecule has 4 N–H and O–H groups in total. The van der Waals surface area contributed by atoms with E-state index < -0.39 is 139 Å². The van der Waals surface area contributed by atoms with Crippen LogP contribution in [0, 0.1) is 30.6 Å². The molecule has 0 aliphatic carbocycles. The third-order valence-electron chi connectivity index (χ3n) is 17.9. The lowest BCUT2D eigenvalue weighted by Gasteiger charge is -2.50. The van der Waals surface area contributed by atoms with E-state index in [1.165, 1.54) is 26.0 Å². The molecule has 80 heavy (non-hydrogen) atoms. The van der Waals surface area contributed by atoms with Crippen LogP contribution in [0.3, 0.4) is 0 Å². The normalized spacial score (nSPS) is 37.3. The molecule has 1 aromatic carbocycles. The van der Waals surface area contributed by atoms with Crippen LogP contribution in [0.4, 0.5) is 9.18 Å². The number of aliphatic hydroxyl groups excluding tert-OH is 2. The number of likely N-dealkylation sites (N-methyl/N-ethyl adjacent to an activating group) is 1. The van der Waals surface area contributed by atoms with Crippen LogP contribution in [0.5, 0.6) is 0 Å². The zero-order valence-electron chi connectivity index (χ0n) is 49.2. The highest BCUT2D eigenvalue weighted by Gasteiger charge is 2.58. The van der Waals surface area contributed by atoms with E-state index in [0.717, 1.165) is 21.4 Å². The number of amides is 1. The van der Waals surface area contributed by atoms with Crippen molar-refractivity contribution in [3.63, 3.8) is 0 Å². The van der Waals surface area contributed by atoms with Crippen molar-refractivity contribution in [2.75, 3.05) is 41.6 Å². The first-order valence-electron chi connectivity index (χ1n) is 28.1. The Morgan fingerprint density at radius 1 is 0.925 bits per heavy atom. The molecule has 22 heteroatoms. The minimum Gasteiger partial charge on any atom is -0.458 e. The van der Waals surface area contributed by atoms with Gasteiger partial charge in [0.25, 0.3) is 0 Å². The summed E-state index contributed by atoms with van der Waals surface area (Å²) in [7, 11) is 6.42. The molecule has 0 unspecified atom stereocenters. The summed E-state index contributed by atoms with van der Waals surface area (Å²) < 4.78 is 74.7. The number of aromatic nitrogens is 4. The lowest BCUT2D eigenvalue weighted by atomic mass is 9.73. The van der Waals surface area contributed by atoms with Gasteiger partial charge in [-0.15, -0.1) is 5.10 Å². The number of cyclic esters (lactones) is 1. The number of pyridine rings is 1. The number of nitrogens with zero attached hydrogens (tertiary/aromatic N) is 5. The number of alkyl halides is 1. The molecule has 7 rings (SSSR count). The standard InChI is InChI=1S/C58H87FN6O15/c1-16-44-58(11)50(60-55(70)80-58)34(5)46(66)31(2)26-57(10,74-15)52(35(6)48(36(7)53(69)77-44)78-45-27-56(9,73-14)51(68)37(8)76-45)79-54-47(67)42(25-33(4)75-54)63(12)24-23-41-30-64(62-61-41)43(28-59)49(72-13)39-21-19-38(20-22-39)40-18-17-32(3)65(71)29-40/h17-22,29-31,33-37,42-45,47-52,54,67-68H,16,23-28H2,1-15H3,(H-,60,70,71)/p+1/t31-,33-,34+,35+,36-,37+,42+,43-,44-,45+,47-,48+,49-,50-,51+,52-,54+,56-,57-,58-/m1/s1. The van der Waals surface area contributed by atoms with Crippen LogP contribution in [-0.2, 0) is 58.6 Å². The van der Waals surface area contributed by atoms with Crippen LogP contribution in [-0.4, -0.2) is 179 Å². The molecule has 0 bridgehead atoms. The van der Waals surface area contributed by atoms with Crippen LogP contribution in [0.15, 0.2) is 48.8 Å².